The SMILES string of the molecule is COc1ccccc1C(C)CNC(=O)CC1OCCc2ccccc21. The molecule has 2 aromatic carbocycles. The molecule has 0 saturated carbocycles. The van der Waals surface area contributed by atoms with Crippen LogP contribution in [0.5, 0.6) is 5.75 Å². The molecule has 0 fully saturated rings. The van der Waals surface area contributed by atoms with E-state index in [1.54, 1.807) is 7.11 Å². The molecule has 3 rings (SSSR count). The van der Waals surface area contributed by atoms with Crippen LogP contribution in [-0.4, -0.2) is 26.2 Å². The number of methoxy groups -OCH3 is 1. The van der Waals surface area contributed by atoms with Crippen molar-refractivity contribution < 1.29 is 14.3 Å². The summed E-state index contributed by atoms with van der Waals surface area (Å²) in [6.45, 7) is 3.34. The van der Waals surface area contributed by atoms with E-state index in [-0.39, 0.29) is 17.9 Å². The van der Waals surface area contributed by atoms with Gasteiger partial charge in [-0.25, -0.2) is 0 Å². The van der Waals surface area contributed by atoms with E-state index >= 15 is 0 Å². The molecule has 25 heavy (non-hydrogen) atoms. The summed E-state index contributed by atoms with van der Waals surface area (Å²) in [7, 11) is 1.67. The summed E-state index contributed by atoms with van der Waals surface area (Å²) in [6.07, 6.45) is 1.13. The van der Waals surface area contributed by atoms with Gasteiger partial charge >= 0.3 is 0 Å². The number of nitrogens with one attached hydrogen (secondary N) is 1. The Kier molecular flexibility index (Phi) is 5.71. The van der Waals surface area contributed by atoms with Gasteiger partial charge in [0.2, 0.25) is 5.91 Å². The fraction of sp³-hybridized carbons (Fsp3) is 0.381. The zero-order chi connectivity index (χ0) is 17.6. The Morgan fingerprint density at radius 3 is 2.84 bits per heavy atom. The number of amides is 1. The Hall–Kier alpha value is -2.33. The van der Waals surface area contributed by atoms with Crippen LogP contribution in [0, 0.1) is 0 Å². The third kappa shape index (κ3) is 4.20. The minimum Gasteiger partial charge on any atom is -0.496 e. The van der Waals surface area contributed by atoms with Gasteiger partial charge in [-0.2, -0.15) is 0 Å². The normalized spacial score (nSPS) is 17.4. The molecule has 1 heterocycles. The molecule has 1 aliphatic heterocycles. The number of para-hydroxylation sites is 1. The van der Waals surface area contributed by atoms with Crippen molar-refractivity contribution in [2.24, 2.45) is 0 Å². The minimum atomic E-state index is -0.147. The number of ether oxygens (including phenoxy) is 2. The highest BCUT2D eigenvalue weighted by molar-refractivity contribution is 5.76. The van der Waals surface area contributed by atoms with E-state index in [9.17, 15) is 4.79 Å². The van der Waals surface area contributed by atoms with Crippen LogP contribution in [0.25, 0.3) is 0 Å². The predicted octanol–water partition coefficient (Wildman–Crippen LogP) is 3.62. The molecular formula is C21H25NO3. The number of benzene rings is 2. The van der Waals surface area contributed by atoms with Gasteiger partial charge in [-0.15, -0.1) is 0 Å². The lowest BCUT2D eigenvalue weighted by Gasteiger charge is -2.26. The topological polar surface area (TPSA) is 47.6 Å². The van der Waals surface area contributed by atoms with E-state index in [0.717, 1.165) is 23.3 Å². The average Bonchev–Trinajstić information content (AvgIpc) is 2.66. The van der Waals surface area contributed by atoms with Crippen LogP contribution in [0.15, 0.2) is 48.5 Å². The summed E-state index contributed by atoms with van der Waals surface area (Å²) in [5.74, 6) is 1.05. The van der Waals surface area contributed by atoms with Crippen LogP contribution in [-0.2, 0) is 16.0 Å². The van der Waals surface area contributed by atoms with Crippen LogP contribution in [0.2, 0.25) is 0 Å². The van der Waals surface area contributed by atoms with Gasteiger partial charge in [0, 0.05) is 12.5 Å². The predicted molar refractivity (Wildman–Crippen MR) is 97.9 cm³/mol. The van der Waals surface area contributed by atoms with Crippen molar-refractivity contribution in [1.82, 2.24) is 5.32 Å². The first-order valence-corrected chi connectivity index (χ1v) is 8.78. The van der Waals surface area contributed by atoms with E-state index in [1.165, 1.54) is 5.56 Å². The lowest BCUT2D eigenvalue weighted by Crippen LogP contribution is -2.30. The smallest absolute Gasteiger partial charge is 0.222 e. The van der Waals surface area contributed by atoms with Gasteiger partial charge in [0.1, 0.15) is 5.75 Å². The molecule has 1 N–H and O–H groups in total. The van der Waals surface area contributed by atoms with Crippen molar-refractivity contribution >= 4 is 5.91 Å². The summed E-state index contributed by atoms with van der Waals surface area (Å²) in [6, 6.07) is 16.1. The molecular weight excluding hydrogens is 314 g/mol. The third-order valence-electron chi connectivity index (χ3n) is 4.74. The molecule has 0 aromatic heterocycles. The maximum absolute atomic E-state index is 12.4. The molecule has 132 valence electrons. The average molecular weight is 339 g/mol. The molecule has 4 nitrogen and oxygen atoms in total. The highest BCUT2D eigenvalue weighted by Gasteiger charge is 2.23. The van der Waals surface area contributed by atoms with E-state index in [2.05, 4.69) is 24.4 Å². The van der Waals surface area contributed by atoms with Gasteiger partial charge in [0.15, 0.2) is 0 Å². The molecule has 0 bridgehead atoms. The van der Waals surface area contributed by atoms with Crippen LogP contribution in [0.4, 0.5) is 0 Å². The highest BCUT2D eigenvalue weighted by Crippen LogP contribution is 2.29. The summed E-state index contributed by atoms with van der Waals surface area (Å²) < 4.78 is 11.2. The molecule has 2 atom stereocenters. The number of carbonyl (C=O) groups excluding carboxylic acids is 1. The molecule has 0 saturated heterocycles. The Morgan fingerprint density at radius 2 is 2.00 bits per heavy atom. The lowest BCUT2D eigenvalue weighted by molar-refractivity contribution is -0.124. The van der Waals surface area contributed by atoms with Crippen molar-refractivity contribution in [3.05, 3.63) is 65.2 Å². The van der Waals surface area contributed by atoms with E-state index in [0.29, 0.717) is 19.6 Å². The van der Waals surface area contributed by atoms with Crippen LogP contribution in [0.3, 0.4) is 0 Å². The largest absolute Gasteiger partial charge is 0.496 e. The molecule has 2 aromatic rings. The first-order chi connectivity index (χ1) is 12.2. The number of rotatable bonds is 6. The lowest BCUT2D eigenvalue weighted by atomic mass is 9.95. The first kappa shape index (κ1) is 17.5. The molecule has 4 heteroatoms. The van der Waals surface area contributed by atoms with Crippen molar-refractivity contribution in [2.75, 3.05) is 20.3 Å². The third-order valence-corrected chi connectivity index (χ3v) is 4.74. The van der Waals surface area contributed by atoms with Crippen molar-refractivity contribution in [1.29, 1.82) is 0 Å². The Morgan fingerprint density at radius 1 is 1.24 bits per heavy atom. The van der Waals surface area contributed by atoms with Gasteiger partial charge in [-0.1, -0.05) is 49.4 Å². The number of hydrogen-bond donors (Lipinski definition) is 1. The fourth-order valence-corrected chi connectivity index (χ4v) is 3.34. The van der Waals surface area contributed by atoms with Crippen LogP contribution >= 0.6 is 0 Å². The first-order valence-electron chi connectivity index (χ1n) is 8.78. The van der Waals surface area contributed by atoms with Gasteiger partial charge < -0.3 is 14.8 Å². The standard InChI is InChI=1S/C21H25NO3/c1-15(17-8-5-6-10-19(17)24-2)14-22-21(23)13-20-18-9-4-3-7-16(18)11-12-25-20/h3-10,15,20H,11-14H2,1-2H3,(H,22,23). The second kappa shape index (κ2) is 8.17. The van der Waals surface area contributed by atoms with Crippen LogP contribution < -0.4 is 10.1 Å². The Balaban J connectivity index is 1.57. The molecule has 0 aliphatic carbocycles. The van der Waals surface area contributed by atoms with E-state index in [1.807, 2.05) is 36.4 Å². The number of carbonyl (C=O) groups is 1. The summed E-state index contributed by atoms with van der Waals surface area (Å²) >= 11 is 0. The van der Waals surface area contributed by atoms with Crippen molar-refractivity contribution in [2.45, 2.75) is 31.8 Å². The maximum atomic E-state index is 12.4. The number of fused-ring (bicyclic) bond motifs is 1. The molecule has 2 unspecified atom stereocenters. The quantitative estimate of drug-likeness (QED) is 0.874. The number of hydrogen-bond acceptors (Lipinski definition) is 3. The summed E-state index contributed by atoms with van der Waals surface area (Å²) in [4.78, 5) is 12.4. The van der Waals surface area contributed by atoms with Crippen molar-refractivity contribution in [3.63, 3.8) is 0 Å². The fourth-order valence-electron chi connectivity index (χ4n) is 3.34. The van der Waals surface area contributed by atoms with Gasteiger partial charge in [-0.3, -0.25) is 4.79 Å². The van der Waals surface area contributed by atoms with E-state index in [4.69, 9.17) is 9.47 Å². The highest BCUT2D eigenvalue weighted by atomic mass is 16.5. The summed E-state index contributed by atoms with van der Waals surface area (Å²) in [5.41, 5.74) is 3.53. The minimum absolute atomic E-state index is 0.0171. The van der Waals surface area contributed by atoms with E-state index < -0.39 is 0 Å². The molecule has 1 aliphatic rings. The zero-order valence-electron chi connectivity index (χ0n) is 14.8. The molecule has 1 amide bonds. The Labute approximate surface area is 149 Å². The second-order valence-electron chi connectivity index (χ2n) is 6.46. The second-order valence-corrected chi connectivity index (χ2v) is 6.46. The summed E-state index contributed by atoms with van der Waals surface area (Å²) in [5, 5.41) is 3.04. The van der Waals surface area contributed by atoms with Crippen LogP contribution in [0.1, 0.15) is 42.1 Å². The van der Waals surface area contributed by atoms with Gasteiger partial charge in [0.05, 0.1) is 26.2 Å². The maximum Gasteiger partial charge on any atom is 0.222 e. The molecule has 0 radical (unpaired) electrons. The van der Waals surface area contributed by atoms with Gasteiger partial charge in [-0.05, 0) is 29.2 Å². The zero-order valence-corrected chi connectivity index (χ0v) is 14.8. The monoisotopic (exact) mass is 339 g/mol. The van der Waals surface area contributed by atoms with Gasteiger partial charge in [0.25, 0.3) is 0 Å². The molecule has 0 spiro atoms. The van der Waals surface area contributed by atoms with Crippen molar-refractivity contribution in [3.8, 4) is 5.75 Å². The Bertz CT molecular complexity index is 729.